The maximum atomic E-state index is 13.1. The molecule has 1 saturated heterocycles. The van der Waals surface area contributed by atoms with Crippen LogP contribution in [0.25, 0.3) is 0 Å². The lowest BCUT2D eigenvalue weighted by atomic mass is 10.2. The van der Waals surface area contributed by atoms with Gasteiger partial charge in [-0.2, -0.15) is 15.6 Å². The lowest BCUT2D eigenvalue weighted by Gasteiger charge is -2.27. The van der Waals surface area contributed by atoms with Crippen molar-refractivity contribution in [2.24, 2.45) is 0 Å². The smallest absolute Gasteiger partial charge is 0.256 e. The van der Waals surface area contributed by atoms with Crippen molar-refractivity contribution in [2.45, 2.75) is 31.1 Å². The Kier molecular flexibility index (Phi) is 5.95. The Bertz CT molecular complexity index is 857. The number of benzene rings is 1. The number of nitrogens with zero attached hydrogens (tertiary/aromatic N) is 1. The Morgan fingerprint density at radius 1 is 1.23 bits per heavy atom. The highest BCUT2D eigenvalue weighted by molar-refractivity contribution is 7.89. The van der Waals surface area contributed by atoms with Gasteiger partial charge in [0, 0.05) is 24.2 Å². The highest BCUT2D eigenvalue weighted by atomic mass is 32.2. The standard InChI is InChI=1S/C18H22N2O4S2/c1-2-24-16-7-6-15(19-18(21)14-8-11-25-13-14)12-17(16)26(22,23)20-9-4-3-5-10-20/h6-8,11-13H,2-5,9-10H2,1H3,(H,19,21). The topological polar surface area (TPSA) is 75.7 Å². The van der Waals surface area contributed by atoms with E-state index in [2.05, 4.69) is 5.32 Å². The summed E-state index contributed by atoms with van der Waals surface area (Å²) in [4.78, 5) is 12.4. The average Bonchev–Trinajstić information content (AvgIpc) is 3.19. The fraction of sp³-hybridized carbons (Fsp3) is 0.389. The molecule has 1 fully saturated rings. The molecule has 1 N–H and O–H groups in total. The van der Waals surface area contributed by atoms with Gasteiger partial charge in [-0.25, -0.2) is 8.42 Å². The van der Waals surface area contributed by atoms with E-state index in [1.807, 2.05) is 12.3 Å². The van der Waals surface area contributed by atoms with E-state index in [0.29, 0.717) is 36.7 Å². The summed E-state index contributed by atoms with van der Waals surface area (Å²) >= 11 is 1.43. The minimum atomic E-state index is -3.67. The van der Waals surface area contributed by atoms with Crippen LogP contribution in [0.15, 0.2) is 39.9 Å². The zero-order chi connectivity index (χ0) is 18.6. The number of rotatable bonds is 6. The second kappa shape index (κ2) is 8.20. The van der Waals surface area contributed by atoms with Gasteiger partial charge in [-0.05, 0) is 49.4 Å². The number of hydrogen-bond acceptors (Lipinski definition) is 5. The SMILES string of the molecule is CCOc1ccc(NC(=O)c2ccsc2)cc1S(=O)(=O)N1CCCCC1. The maximum Gasteiger partial charge on any atom is 0.256 e. The van der Waals surface area contributed by atoms with Gasteiger partial charge in [0.25, 0.3) is 5.91 Å². The van der Waals surface area contributed by atoms with Gasteiger partial charge in [-0.1, -0.05) is 6.42 Å². The van der Waals surface area contributed by atoms with Crippen LogP contribution in [0.5, 0.6) is 5.75 Å². The summed E-state index contributed by atoms with van der Waals surface area (Å²) in [6.45, 7) is 3.20. The van der Waals surface area contributed by atoms with Crippen LogP contribution in [0.1, 0.15) is 36.5 Å². The molecule has 0 atom stereocenters. The molecule has 1 amide bonds. The number of thiophene rings is 1. The monoisotopic (exact) mass is 394 g/mol. The van der Waals surface area contributed by atoms with Crippen molar-refractivity contribution in [3.8, 4) is 5.75 Å². The van der Waals surface area contributed by atoms with Gasteiger partial charge in [-0.3, -0.25) is 4.79 Å². The molecule has 0 unspecified atom stereocenters. The van der Waals surface area contributed by atoms with Gasteiger partial charge in [0.1, 0.15) is 10.6 Å². The van der Waals surface area contributed by atoms with E-state index in [0.717, 1.165) is 19.3 Å². The lowest BCUT2D eigenvalue weighted by Crippen LogP contribution is -2.35. The first kappa shape index (κ1) is 18.9. The second-order valence-electron chi connectivity index (χ2n) is 6.03. The zero-order valence-electron chi connectivity index (χ0n) is 14.6. The number of sulfonamides is 1. The fourth-order valence-electron chi connectivity index (χ4n) is 2.90. The summed E-state index contributed by atoms with van der Waals surface area (Å²) in [7, 11) is -3.67. The summed E-state index contributed by atoms with van der Waals surface area (Å²) in [5, 5.41) is 6.32. The quantitative estimate of drug-likeness (QED) is 0.813. The van der Waals surface area contributed by atoms with Crippen molar-refractivity contribution in [2.75, 3.05) is 25.0 Å². The molecule has 0 aliphatic carbocycles. The van der Waals surface area contributed by atoms with E-state index in [4.69, 9.17) is 4.74 Å². The van der Waals surface area contributed by atoms with Crippen LogP contribution < -0.4 is 10.1 Å². The Morgan fingerprint density at radius 2 is 2.00 bits per heavy atom. The van der Waals surface area contributed by atoms with E-state index >= 15 is 0 Å². The number of ether oxygens (including phenoxy) is 1. The van der Waals surface area contributed by atoms with E-state index in [-0.39, 0.29) is 10.8 Å². The van der Waals surface area contributed by atoms with Crippen molar-refractivity contribution in [1.29, 1.82) is 0 Å². The third-order valence-corrected chi connectivity index (χ3v) is 6.82. The molecule has 3 rings (SSSR count). The minimum Gasteiger partial charge on any atom is -0.492 e. The van der Waals surface area contributed by atoms with Crippen LogP contribution in [0.3, 0.4) is 0 Å². The summed E-state index contributed by atoms with van der Waals surface area (Å²) in [6, 6.07) is 6.47. The zero-order valence-corrected chi connectivity index (χ0v) is 16.2. The molecule has 2 heterocycles. The number of carbonyl (C=O) groups excluding carboxylic acids is 1. The summed E-state index contributed by atoms with van der Waals surface area (Å²) in [6.07, 6.45) is 2.76. The highest BCUT2D eigenvalue weighted by Gasteiger charge is 2.29. The van der Waals surface area contributed by atoms with Gasteiger partial charge in [-0.15, -0.1) is 0 Å². The van der Waals surface area contributed by atoms with Gasteiger partial charge < -0.3 is 10.1 Å². The molecule has 1 aliphatic rings. The van der Waals surface area contributed by atoms with Crippen LogP contribution in [-0.2, 0) is 10.0 Å². The molecule has 0 radical (unpaired) electrons. The minimum absolute atomic E-state index is 0.101. The molecule has 0 saturated carbocycles. The maximum absolute atomic E-state index is 13.1. The molecule has 1 aromatic heterocycles. The second-order valence-corrected chi connectivity index (χ2v) is 8.71. The predicted octanol–water partition coefficient (Wildman–Crippen LogP) is 3.57. The van der Waals surface area contributed by atoms with Gasteiger partial charge in [0.15, 0.2) is 0 Å². The highest BCUT2D eigenvalue weighted by Crippen LogP contribution is 2.31. The van der Waals surface area contributed by atoms with E-state index in [9.17, 15) is 13.2 Å². The van der Waals surface area contributed by atoms with Crippen molar-refractivity contribution in [3.05, 3.63) is 40.6 Å². The fourth-order valence-corrected chi connectivity index (χ4v) is 5.21. The number of nitrogens with one attached hydrogen (secondary N) is 1. The normalized spacial score (nSPS) is 15.6. The van der Waals surface area contributed by atoms with E-state index in [1.54, 1.807) is 23.6 Å². The summed E-state index contributed by atoms with van der Waals surface area (Å²) in [5.74, 6) is 0.0448. The van der Waals surface area contributed by atoms with Crippen LogP contribution in [0.2, 0.25) is 0 Å². The molecular weight excluding hydrogens is 372 g/mol. The van der Waals surface area contributed by atoms with Crippen molar-refractivity contribution in [3.63, 3.8) is 0 Å². The molecule has 1 aromatic carbocycles. The molecule has 0 bridgehead atoms. The van der Waals surface area contributed by atoms with Crippen LogP contribution >= 0.6 is 11.3 Å². The molecular formula is C18H22N2O4S2. The summed E-state index contributed by atoms with van der Waals surface area (Å²) in [5.41, 5.74) is 0.976. The van der Waals surface area contributed by atoms with Crippen molar-refractivity contribution in [1.82, 2.24) is 4.31 Å². The largest absolute Gasteiger partial charge is 0.492 e. The van der Waals surface area contributed by atoms with Crippen LogP contribution in [0.4, 0.5) is 5.69 Å². The first-order chi connectivity index (χ1) is 12.5. The Balaban J connectivity index is 1.92. The molecule has 8 heteroatoms. The number of amides is 1. The molecule has 6 nitrogen and oxygen atoms in total. The Morgan fingerprint density at radius 3 is 2.65 bits per heavy atom. The average molecular weight is 395 g/mol. The van der Waals surface area contributed by atoms with Crippen LogP contribution in [-0.4, -0.2) is 38.3 Å². The van der Waals surface area contributed by atoms with Gasteiger partial charge >= 0.3 is 0 Å². The van der Waals surface area contributed by atoms with E-state index in [1.165, 1.54) is 21.7 Å². The van der Waals surface area contributed by atoms with Gasteiger partial charge in [0.2, 0.25) is 10.0 Å². The first-order valence-electron chi connectivity index (χ1n) is 8.63. The number of anilines is 1. The van der Waals surface area contributed by atoms with E-state index < -0.39 is 10.0 Å². The Labute approximate surface area is 157 Å². The van der Waals surface area contributed by atoms with Gasteiger partial charge in [0.05, 0.1) is 12.2 Å². The van der Waals surface area contributed by atoms with Crippen molar-refractivity contribution < 1.29 is 17.9 Å². The third-order valence-electron chi connectivity index (χ3n) is 4.22. The molecule has 0 spiro atoms. The van der Waals surface area contributed by atoms with Crippen molar-refractivity contribution >= 4 is 33.0 Å². The molecule has 2 aromatic rings. The molecule has 1 aliphatic heterocycles. The Hall–Kier alpha value is -1.90. The number of piperidine rings is 1. The number of hydrogen-bond donors (Lipinski definition) is 1. The predicted molar refractivity (Wildman–Crippen MR) is 102 cm³/mol. The summed E-state index contributed by atoms with van der Waals surface area (Å²) < 4.78 is 33.2. The van der Waals surface area contributed by atoms with Crippen LogP contribution in [0, 0.1) is 0 Å². The third kappa shape index (κ3) is 4.08. The lowest BCUT2D eigenvalue weighted by molar-refractivity contribution is 0.102. The number of carbonyl (C=O) groups is 1. The molecule has 140 valence electrons. The molecule has 26 heavy (non-hydrogen) atoms. The first-order valence-corrected chi connectivity index (χ1v) is 11.0.